The quantitative estimate of drug-likeness (QED) is 0.613. The molecule has 0 saturated carbocycles. The van der Waals surface area contributed by atoms with Gasteiger partial charge in [-0.25, -0.2) is 4.39 Å². The van der Waals surface area contributed by atoms with Gasteiger partial charge >= 0.3 is 0 Å². The third kappa shape index (κ3) is 1.52. The van der Waals surface area contributed by atoms with Crippen LogP contribution in [0.15, 0.2) is 22.0 Å². The largest absolute Gasteiger partial charge is 0.206 e. The molecule has 62 valence electrons. The first-order valence-corrected chi connectivity index (χ1v) is 5.90. The summed E-state index contributed by atoms with van der Waals surface area (Å²) in [4.78, 5) is 0. The standard InChI is InChI=1S/C8H3BrFIS/c9-8-2-4-1-6(11)5(10)3-7(4)12-8/h1-3H. The number of benzene rings is 1. The van der Waals surface area contributed by atoms with E-state index in [4.69, 9.17) is 0 Å². The molecule has 0 radical (unpaired) electrons. The van der Waals surface area contributed by atoms with Crippen molar-refractivity contribution in [1.29, 1.82) is 0 Å². The zero-order valence-corrected chi connectivity index (χ0v) is 10.3. The van der Waals surface area contributed by atoms with E-state index in [9.17, 15) is 4.39 Å². The summed E-state index contributed by atoms with van der Waals surface area (Å²) < 4.78 is 15.7. The molecule has 0 fully saturated rings. The lowest BCUT2D eigenvalue weighted by Crippen LogP contribution is -1.78. The van der Waals surface area contributed by atoms with Gasteiger partial charge in [0.2, 0.25) is 0 Å². The van der Waals surface area contributed by atoms with Crippen molar-refractivity contribution in [3.63, 3.8) is 0 Å². The van der Waals surface area contributed by atoms with E-state index in [2.05, 4.69) is 15.9 Å². The smallest absolute Gasteiger partial charge is 0.137 e. The third-order valence-corrected chi connectivity index (χ3v) is 3.96. The fraction of sp³-hybridized carbons (Fsp3) is 0. The fourth-order valence-electron chi connectivity index (χ4n) is 1.00. The van der Waals surface area contributed by atoms with E-state index in [0.29, 0.717) is 3.57 Å². The molecular formula is C8H3BrFIS. The first-order chi connectivity index (χ1) is 5.66. The second-order valence-corrected chi connectivity index (χ2v) is 5.98. The molecular weight excluding hydrogens is 354 g/mol. The average Bonchev–Trinajstić information content (AvgIpc) is 2.30. The van der Waals surface area contributed by atoms with E-state index in [-0.39, 0.29) is 5.82 Å². The lowest BCUT2D eigenvalue weighted by molar-refractivity contribution is 0.622. The molecule has 0 bridgehead atoms. The molecule has 0 spiro atoms. The van der Waals surface area contributed by atoms with Crippen LogP contribution in [0.4, 0.5) is 4.39 Å². The number of thiophene rings is 1. The molecule has 4 heteroatoms. The van der Waals surface area contributed by atoms with Crippen LogP contribution in [0.2, 0.25) is 0 Å². The molecule has 0 aliphatic rings. The second-order valence-electron chi connectivity index (χ2n) is 2.35. The SMILES string of the molecule is Fc1cc2sc(Br)cc2cc1I. The van der Waals surface area contributed by atoms with E-state index >= 15 is 0 Å². The summed E-state index contributed by atoms with van der Waals surface area (Å²) in [6.45, 7) is 0. The number of halogens is 3. The van der Waals surface area contributed by atoms with Crippen molar-refractivity contribution in [2.24, 2.45) is 0 Å². The minimum Gasteiger partial charge on any atom is -0.206 e. The summed E-state index contributed by atoms with van der Waals surface area (Å²) in [7, 11) is 0. The van der Waals surface area contributed by atoms with Gasteiger partial charge in [-0.1, -0.05) is 0 Å². The minimum absolute atomic E-state index is 0.141. The monoisotopic (exact) mass is 356 g/mol. The van der Waals surface area contributed by atoms with Crippen LogP contribution in [-0.4, -0.2) is 0 Å². The Balaban J connectivity index is 2.83. The maximum absolute atomic E-state index is 13.0. The summed E-state index contributed by atoms with van der Waals surface area (Å²) >= 11 is 6.91. The van der Waals surface area contributed by atoms with Crippen LogP contribution in [0.1, 0.15) is 0 Å². The van der Waals surface area contributed by atoms with Gasteiger partial charge in [-0.15, -0.1) is 11.3 Å². The third-order valence-electron chi connectivity index (χ3n) is 1.53. The zero-order chi connectivity index (χ0) is 8.72. The summed E-state index contributed by atoms with van der Waals surface area (Å²) in [6, 6.07) is 5.43. The van der Waals surface area contributed by atoms with Crippen LogP contribution < -0.4 is 0 Å². The van der Waals surface area contributed by atoms with Crippen molar-refractivity contribution < 1.29 is 4.39 Å². The Hall–Kier alpha value is 0.320. The van der Waals surface area contributed by atoms with Gasteiger partial charge in [0.05, 0.1) is 3.79 Å². The highest BCUT2D eigenvalue weighted by Crippen LogP contribution is 2.31. The predicted octanol–water partition coefficient (Wildman–Crippen LogP) is 4.41. The van der Waals surface area contributed by atoms with E-state index in [1.807, 2.05) is 34.7 Å². The molecule has 0 atom stereocenters. The van der Waals surface area contributed by atoms with Crippen molar-refractivity contribution in [3.8, 4) is 0 Å². The molecule has 0 N–H and O–H groups in total. The van der Waals surface area contributed by atoms with Gasteiger partial charge in [0.25, 0.3) is 0 Å². The van der Waals surface area contributed by atoms with Gasteiger partial charge in [0.1, 0.15) is 5.82 Å². The molecule has 0 aliphatic heterocycles. The van der Waals surface area contributed by atoms with Crippen LogP contribution >= 0.6 is 49.9 Å². The van der Waals surface area contributed by atoms with E-state index in [0.717, 1.165) is 13.9 Å². The summed E-state index contributed by atoms with van der Waals surface area (Å²) in [5, 5.41) is 1.10. The first-order valence-electron chi connectivity index (χ1n) is 3.21. The molecule has 0 unspecified atom stereocenters. The van der Waals surface area contributed by atoms with Crippen LogP contribution in [0, 0.1) is 9.39 Å². The highest BCUT2D eigenvalue weighted by molar-refractivity contribution is 14.1. The Morgan fingerprint density at radius 3 is 2.83 bits per heavy atom. The fourth-order valence-corrected chi connectivity index (χ4v) is 3.06. The zero-order valence-electron chi connectivity index (χ0n) is 5.77. The molecule has 2 aromatic rings. The predicted molar refractivity (Wildman–Crippen MR) is 62.2 cm³/mol. The highest BCUT2D eigenvalue weighted by atomic mass is 127. The lowest BCUT2D eigenvalue weighted by Gasteiger charge is -1.92. The molecule has 1 heterocycles. The average molecular weight is 357 g/mol. The summed E-state index contributed by atoms with van der Waals surface area (Å²) in [5.74, 6) is -0.141. The van der Waals surface area contributed by atoms with E-state index < -0.39 is 0 Å². The molecule has 0 amide bonds. The van der Waals surface area contributed by atoms with Gasteiger partial charge in [-0.3, -0.25) is 0 Å². The van der Waals surface area contributed by atoms with Gasteiger partial charge in [-0.05, 0) is 62.1 Å². The number of hydrogen-bond acceptors (Lipinski definition) is 1. The molecule has 0 nitrogen and oxygen atoms in total. The normalized spacial score (nSPS) is 10.9. The molecule has 1 aromatic heterocycles. The number of hydrogen-bond donors (Lipinski definition) is 0. The van der Waals surface area contributed by atoms with Crippen molar-refractivity contribution in [2.75, 3.05) is 0 Å². The van der Waals surface area contributed by atoms with Crippen LogP contribution in [0.25, 0.3) is 10.1 Å². The number of rotatable bonds is 0. The van der Waals surface area contributed by atoms with Gasteiger partial charge in [0.15, 0.2) is 0 Å². The molecule has 1 aromatic carbocycles. The maximum atomic E-state index is 13.0. The Labute approximate surface area is 95.0 Å². The Bertz CT molecular complexity index is 399. The van der Waals surface area contributed by atoms with Crippen LogP contribution in [0.3, 0.4) is 0 Å². The number of fused-ring (bicyclic) bond motifs is 1. The highest BCUT2D eigenvalue weighted by Gasteiger charge is 2.04. The molecule has 0 aliphatic carbocycles. The van der Waals surface area contributed by atoms with Crippen LogP contribution in [-0.2, 0) is 0 Å². The van der Waals surface area contributed by atoms with Gasteiger partial charge < -0.3 is 0 Å². The van der Waals surface area contributed by atoms with Crippen molar-refractivity contribution in [1.82, 2.24) is 0 Å². The first kappa shape index (κ1) is 8.90. The van der Waals surface area contributed by atoms with Crippen molar-refractivity contribution in [2.45, 2.75) is 0 Å². The van der Waals surface area contributed by atoms with E-state index in [1.165, 1.54) is 0 Å². The van der Waals surface area contributed by atoms with Crippen molar-refractivity contribution in [3.05, 3.63) is 31.4 Å². The lowest BCUT2D eigenvalue weighted by atomic mass is 10.3. The topological polar surface area (TPSA) is 0 Å². The summed E-state index contributed by atoms with van der Waals surface area (Å²) in [6.07, 6.45) is 0. The summed E-state index contributed by atoms with van der Waals surface area (Å²) in [5.41, 5.74) is 0. The Morgan fingerprint density at radius 2 is 2.08 bits per heavy atom. The Morgan fingerprint density at radius 1 is 1.33 bits per heavy atom. The van der Waals surface area contributed by atoms with E-state index in [1.54, 1.807) is 17.4 Å². The van der Waals surface area contributed by atoms with Crippen LogP contribution in [0.5, 0.6) is 0 Å². The Kier molecular flexibility index (Phi) is 2.39. The molecule has 12 heavy (non-hydrogen) atoms. The van der Waals surface area contributed by atoms with Gasteiger partial charge in [-0.2, -0.15) is 0 Å². The van der Waals surface area contributed by atoms with Gasteiger partial charge in [0, 0.05) is 8.27 Å². The van der Waals surface area contributed by atoms with Crippen molar-refractivity contribution >= 4 is 59.9 Å². The molecule has 0 saturated heterocycles. The molecule has 2 rings (SSSR count). The maximum Gasteiger partial charge on any atom is 0.137 e. The second kappa shape index (κ2) is 3.23. The minimum atomic E-state index is -0.141.